The number of hydrogen-bond donors (Lipinski definition) is 0. The molecule has 0 saturated carbocycles. The van der Waals surface area contributed by atoms with Crippen LogP contribution in [-0.2, 0) is 29.2 Å². The van der Waals surface area contributed by atoms with Gasteiger partial charge in [-0.1, -0.05) is 5.16 Å². The van der Waals surface area contributed by atoms with Crippen LogP contribution in [0.3, 0.4) is 0 Å². The molecule has 8 nitrogen and oxygen atoms in total. The van der Waals surface area contributed by atoms with Crippen molar-refractivity contribution in [2.24, 2.45) is 5.16 Å². The van der Waals surface area contributed by atoms with E-state index in [-0.39, 0.29) is 25.7 Å². The first kappa shape index (κ1) is 17.3. The van der Waals surface area contributed by atoms with E-state index in [1.165, 1.54) is 12.1 Å². The summed E-state index contributed by atoms with van der Waals surface area (Å²) in [5.41, 5.74) is 4.00. The molecule has 0 amide bonds. The van der Waals surface area contributed by atoms with Crippen LogP contribution in [0, 0.1) is 10.1 Å². The number of nitro benzene ring substituents is 1. The average Bonchev–Trinajstić information content (AvgIpc) is 3.15. The van der Waals surface area contributed by atoms with E-state index in [0.29, 0.717) is 29.2 Å². The lowest BCUT2D eigenvalue weighted by Crippen LogP contribution is -2.14. The number of benzene rings is 2. The van der Waals surface area contributed by atoms with Crippen molar-refractivity contribution in [2.75, 3.05) is 13.4 Å². The highest BCUT2D eigenvalue weighted by Gasteiger charge is 2.21. The van der Waals surface area contributed by atoms with E-state index in [2.05, 4.69) is 5.16 Å². The minimum absolute atomic E-state index is 0.0271. The Labute approximate surface area is 155 Å². The van der Waals surface area contributed by atoms with Crippen molar-refractivity contribution in [3.05, 3.63) is 62.7 Å². The molecule has 2 aromatic carbocycles. The van der Waals surface area contributed by atoms with Crippen molar-refractivity contribution in [1.29, 1.82) is 0 Å². The Morgan fingerprint density at radius 1 is 1.26 bits per heavy atom. The third-order valence-electron chi connectivity index (χ3n) is 4.51. The van der Waals surface area contributed by atoms with E-state index in [4.69, 9.17) is 19.0 Å². The molecule has 0 spiro atoms. The molecule has 8 heteroatoms. The van der Waals surface area contributed by atoms with Crippen molar-refractivity contribution >= 4 is 11.4 Å². The summed E-state index contributed by atoms with van der Waals surface area (Å²) in [6.07, 6.45) is 0.885. The Bertz CT molecular complexity index is 925. The summed E-state index contributed by atoms with van der Waals surface area (Å²) < 4.78 is 16.2. The number of hydrogen-bond acceptors (Lipinski definition) is 7. The smallest absolute Gasteiger partial charge is 0.270 e. The molecular weight excluding hydrogens is 352 g/mol. The first-order valence-corrected chi connectivity index (χ1v) is 8.55. The van der Waals surface area contributed by atoms with Gasteiger partial charge in [0.05, 0.1) is 23.8 Å². The number of ether oxygens (including phenoxy) is 3. The molecule has 2 aliphatic rings. The standard InChI is InChI=1S/C19H18N2O6/c1-12(13-2-3-18-14(6-13)4-5-25-18)20-27-10-16-8-17(21(22)23)7-15-9-24-11-26-19(15)16/h2-3,6-8H,4-5,9-11H2,1H3. The van der Waals surface area contributed by atoms with E-state index in [1.54, 1.807) is 0 Å². The zero-order chi connectivity index (χ0) is 18.8. The first-order chi connectivity index (χ1) is 13.1. The lowest BCUT2D eigenvalue weighted by molar-refractivity contribution is -0.385. The second-order valence-corrected chi connectivity index (χ2v) is 6.33. The monoisotopic (exact) mass is 370 g/mol. The molecule has 0 aromatic heterocycles. The van der Waals surface area contributed by atoms with Gasteiger partial charge in [-0.2, -0.15) is 0 Å². The fraction of sp³-hybridized carbons (Fsp3) is 0.316. The zero-order valence-corrected chi connectivity index (χ0v) is 14.8. The molecule has 140 valence electrons. The third-order valence-corrected chi connectivity index (χ3v) is 4.51. The second kappa shape index (κ2) is 7.24. The molecular formula is C19H18N2O6. The normalized spacial score (nSPS) is 15.4. The van der Waals surface area contributed by atoms with Crippen LogP contribution in [0.25, 0.3) is 0 Å². The van der Waals surface area contributed by atoms with Gasteiger partial charge >= 0.3 is 0 Å². The number of oxime groups is 1. The summed E-state index contributed by atoms with van der Waals surface area (Å²) in [4.78, 5) is 16.2. The maximum Gasteiger partial charge on any atom is 0.270 e. The molecule has 2 aromatic rings. The van der Waals surface area contributed by atoms with Crippen LogP contribution in [0.1, 0.15) is 29.2 Å². The predicted octanol–water partition coefficient (Wildman–Crippen LogP) is 3.34. The number of nitrogens with zero attached hydrogens (tertiary/aromatic N) is 2. The molecule has 4 rings (SSSR count). The van der Waals surface area contributed by atoms with Crippen molar-refractivity contribution < 1.29 is 24.0 Å². The minimum atomic E-state index is -0.445. The second-order valence-electron chi connectivity index (χ2n) is 6.33. The Kier molecular flexibility index (Phi) is 4.64. The SMILES string of the molecule is CC(=NOCc1cc([N+](=O)[O-])cc2c1OCOC2)c1ccc2c(c1)CCO2. The molecule has 2 heterocycles. The van der Waals surface area contributed by atoms with Gasteiger partial charge in [-0.05, 0) is 36.2 Å². The highest BCUT2D eigenvalue weighted by atomic mass is 16.7. The van der Waals surface area contributed by atoms with Gasteiger partial charge < -0.3 is 19.0 Å². The van der Waals surface area contributed by atoms with Gasteiger partial charge in [-0.15, -0.1) is 0 Å². The van der Waals surface area contributed by atoms with Gasteiger partial charge in [0.1, 0.15) is 18.1 Å². The minimum Gasteiger partial charge on any atom is -0.493 e. The van der Waals surface area contributed by atoms with E-state index in [9.17, 15) is 10.1 Å². The first-order valence-electron chi connectivity index (χ1n) is 8.55. The number of rotatable bonds is 5. The maximum absolute atomic E-state index is 11.1. The van der Waals surface area contributed by atoms with Gasteiger partial charge in [0.15, 0.2) is 6.79 Å². The molecule has 0 aliphatic carbocycles. The summed E-state index contributed by atoms with van der Waals surface area (Å²) in [6, 6.07) is 8.81. The quantitative estimate of drug-likeness (QED) is 0.455. The van der Waals surface area contributed by atoms with Gasteiger partial charge in [-0.25, -0.2) is 0 Å². The van der Waals surface area contributed by atoms with E-state index in [1.807, 2.05) is 25.1 Å². The lowest BCUT2D eigenvalue weighted by atomic mass is 10.1. The third kappa shape index (κ3) is 3.56. The Hall–Kier alpha value is -3.13. The predicted molar refractivity (Wildman–Crippen MR) is 96.0 cm³/mol. The number of non-ortho nitro benzene ring substituents is 1. The van der Waals surface area contributed by atoms with Crippen LogP contribution in [-0.4, -0.2) is 24.0 Å². The van der Waals surface area contributed by atoms with Crippen LogP contribution in [0.4, 0.5) is 5.69 Å². The molecule has 0 N–H and O–H groups in total. The summed E-state index contributed by atoms with van der Waals surface area (Å²) in [6.45, 7) is 2.99. The fourth-order valence-corrected chi connectivity index (χ4v) is 3.16. The molecule has 0 bridgehead atoms. The van der Waals surface area contributed by atoms with Gasteiger partial charge in [-0.3, -0.25) is 10.1 Å². The summed E-state index contributed by atoms with van der Waals surface area (Å²) in [7, 11) is 0. The average molecular weight is 370 g/mol. The Morgan fingerprint density at radius 2 is 2.15 bits per heavy atom. The Balaban J connectivity index is 1.52. The molecule has 0 radical (unpaired) electrons. The highest BCUT2D eigenvalue weighted by Crippen LogP contribution is 2.33. The summed E-state index contributed by atoms with van der Waals surface area (Å²) >= 11 is 0. The van der Waals surface area contributed by atoms with Crippen molar-refractivity contribution in [1.82, 2.24) is 0 Å². The lowest BCUT2D eigenvalue weighted by Gasteiger charge is -2.20. The maximum atomic E-state index is 11.1. The van der Waals surface area contributed by atoms with Crippen LogP contribution >= 0.6 is 0 Å². The van der Waals surface area contributed by atoms with Crippen LogP contribution < -0.4 is 9.47 Å². The van der Waals surface area contributed by atoms with Crippen LogP contribution in [0.5, 0.6) is 11.5 Å². The molecule has 0 atom stereocenters. The zero-order valence-electron chi connectivity index (χ0n) is 14.8. The summed E-state index contributed by atoms with van der Waals surface area (Å²) in [5.74, 6) is 1.48. The van der Waals surface area contributed by atoms with Gasteiger partial charge in [0.25, 0.3) is 5.69 Å². The van der Waals surface area contributed by atoms with Crippen molar-refractivity contribution in [3.8, 4) is 11.5 Å². The molecule has 27 heavy (non-hydrogen) atoms. The van der Waals surface area contributed by atoms with Gasteiger partial charge in [0.2, 0.25) is 0 Å². The van der Waals surface area contributed by atoms with Gasteiger partial charge in [0, 0.05) is 29.7 Å². The molecule has 0 unspecified atom stereocenters. The van der Waals surface area contributed by atoms with E-state index >= 15 is 0 Å². The van der Waals surface area contributed by atoms with Crippen molar-refractivity contribution in [3.63, 3.8) is 0 Å². The van der Waals surface area contributed by atoms with Crippen LogP contribution in [0.2, 0.25) is 0 Å². The summed E-state index contributed by atoms with van der Waals surface area (Å²) in [5, 5.41) is 15.3. The molecule has 0 fully saturated rings. The fourth-order valence-electron chi connectivity index (χ4n) is 3.16. The molecule has 2 aliphatic heterocycles. The largest absolute Gasteiger partial charge is 0.493 e. The Morgan fingerprint density at radius 3 is 3.00 bits per heavy atom. The van der Waals surface area contributed by atoms with E-state index < -0.39 is 4.92 Å². The highest BCUT2D eigenvalue weighted by molar-refractivity contribution is 5.98. The number of fused-ring (bicyclic) bond motifs is 2. The topological polar surface area (TPSA) is 92.4 Å². The molecule has 0 saturated heterocycles. The number of nitro groups is 1. The van der Waals surface area contributed by atoms with E-state index in [0.717, 1.165) is 23.3 Å². The van der Waals surface area contributed by atoms with Crippen LogP contribution in [0.15, 0.2) is 35.5 Å². The van der Waals surface area contributed by atoms with Crippen molar-refractivity contribution in [2.45, 2.75) is 26.6 Å².